The van der Waals surface area contributed by atoms with Gasteiger partial charge in [-0.05, 0) is 24.3 Å². The molecule has 9 heteroatoms. The van der Waals surface area contributed by atoms with Crippen molar-refractivity contribution in [3.63, 3.8) is 0 Å². The summed E-state index contributed by atoms with van der Waals surface area (Å²) in [5.74, 6) is 1.13. The highest BCUT2D eigenvalue weighted by atomic mass is 19.4. The summed E-state index contributed by atoms with van der Waals surface area (Å²) in [5.41, 5.74) is 0.199. The molecular weight excluding hydrogens is 347 g/mol. The number of halogens is 3. The first-order valence-corrected chi connectivity index (χ1v) is 7.47. The average molecular weight is 357 g/mol. The molecule has 0 aliphatic carbocycles. The number of rotatable bonds is 3. The van der Waals surface area contributed by atoms with Gasteiger partial charge in [-0.1, -0.05) is 12.1 Å². The molecule has 0 unspecified atom stereocenters. The normalized spacial score (nSPS) is 11.7. The summed E-state index contributed by atoms with van der Waals surface area (Å²) in [6, 6.07) is 9.65. The van der Waals surface area contributed by atoms with Gasteiger partial charge in [-0.2, -0.15) is 27.8 Å². The fourth-order valence-corrected chi connectivity index (χ4v) is 2.36. The Hall–Kier alpha value is -3.49. The Morgan fingerprint density at radius 1 is 0.962 bits per heavy atom. The van der Waals surface area contributed by atoms with Gasteiger partial charge in [-0.15, -0.1) is 0 Å². The summed E-state index contributed by atoms with van der Waals surface area (Å²) in [6.45, 7) is 0. The van der Waals surface area contributed by atoms with Crippen LogP contribution in [0.4, 0.5) is 13.2 Å². The van der Waals surface area contributed by atoms with E-state index in [0.717, 1.165) is 12.1 Å². The molecule has 3 aromatic heterocycles. The van der Waals surface area contributed by atoms with Gasteiger partial charge in [-0.25, -0.2) is 4.98 Å². The third-order valence-corrected chi connectivity index (χ3v) is 3.60. The van der Waals surface area contributed by atoms with Crippen LogP contribution in [0.2, 0.25) is 0 Å². The highest BCUT2D eigenvalue weighted by Crippen LogP contribution is 2.31. The predicted molar refractivity (Wildman–Crippen MR) is 85.5 cm³/mol. The van der Waals surface area contributed by atoms with E-state index in [1.54, 1.807) is 30.6 Å². The summed E-state index contributed by atoms with van der Waals surface area (Å²) in [4.78, 5) is 12.3. The predicted octanol–water partition coefficient (Wildman–Crippen LogP) is 4.00. The lowest BCUT2D eigenvalue weighted by Crippen LogP contribution is -2.04. The van der Waals surface area contributed by atoms with Crippen LogP contribution in [0.5, 0.6) is 11.6 Å². The minimum Gasteiger partial charge on any atom is -0.439 e. The van der Waals surface area contributed by atoms with Gasteiger partial charge in [-0.3, -0.25) is 4.98 Å². The number of ether oxygens (including phenoxy) is 1. The zero-order valence-corrected chi connectivity index (χ0v) is 13.1. The van der Waals surface area contributed by atoms with Crippen LogP contribution >= 0.6 is 0 Å². The van der Waals surface area contributed by atoms with E-state index in [2.05, 4.69) is 20.1 Å². The number of pyridine rings is 1. The molecule has 0 radical (unpaired) electrons. The van der Waals surface area contributed by atoms with E-state index in [0.29, 0.717) is 22.9 Å². The summed E-state index contributed by atoms with van der Waals surface area (Å²) < 4.78 is 45.4. The molecule has 26 heavy (non-hydrogen) atoms. The molecule has 0 fully saturated rings. The number of benzene rings is 1. The zero-order valence-electron chi connectivity index (χ0n) is 13.1. The Labute approximate surface area is 144 Å². The summed E-state index contributed by atoms with van der Waals surface area (Å²) >= 11 is 0. The first-order chi connectivity index (χ1) is 12.5. The lowest BCUT2D eigenvalue weighted by Gasteiger charge is -2.10. The molecule has 130 valence electrons. The highest BCUT2D eigenvalue weighted by molar-refractivity contribution is 5.63. The molecule has 4 rings (SSSR count). The fourth-order valence-electron chi connectivity index (χ4n) is 2.36. The third-order valence-electron chi connectivity index (χ3n) is 3.60. The molecule has 3 heterocycles. The Morgan fingerprint density at radius 2 is 1.69 bits per heavy atom. The smallest absolute Gasteiger partial charge is 0.416 e. The number of hydrogen-bond acceptors (Lipinski definition) is 5. The van der Waals surface area contributed by atoms with E-state index in [4.69, 9.17) is 4.74 Å². The van der Waals surface area contributed by atoms with Crippen molar-refractivity contribution in [1.29, 1.82) is 0 Å². The van der Waals surface area contributed by atoms with E-state index in [1.807, 2.05) is 0 Å². The average Bonchev–Trinajstić information content (AvgIpc) is 3.11. The molecule has 0 saturated heterocycles. The molecule has 4 aromatic rings. The van der Waals surface area contributed by atoms with Gasteiger partial charge in [0.1, 0.15) is 12.1 Å². The molecule has 0 atom stereocenters. The molecule has 0 saturated carbocycles. The van der Waals surface area contributed by atoms with Crippen molar-refractivity contribution in [2.45, 2.75) is 6.18 Å². The van der Waals surface area contributed by atoms with Crippen LogP contribution in [0, 0.1) is 0 Å². The van der Waals surface area contributed by atoms with Crippen molar-refractivity contribution in [3.8, 4) is 22.9 Å². The molecule has 0 aliphatic heterocycles. The van der Waals surface area contributed by atoms with Gasteiger partial charge >= 0.3 is 6.18 Å². The monoisotopic (exact) mass is 357 g/mol. The number of aromatic nitrogens is 5. The molecule has 1 aromatic carbocycles. The van der Waals surface area contributed by atoms with Gasteiger partial charge in [0.15, 0.2) is 0 Å². The van der Waals surface area contributed by atoms with E-state index < -0.39 is 11.7 Å². The highest BCUT2D eigenvalue weighted by Gasteiger charge is 2.30. The van der Waals surface area contributed by atoms with Crippen LogP contribution in [0.25, 0.3) is 17.0 Å². The van der Waals surface area contributed by atoms with E-state index >= 15 is 0 Å². The van der Waals surface area contributed by atoms with Crippen molar-refractivity contribution >= 4 is 5.78 Å². The van der Waals surface area contributed by atoms with Gasteiger partial charge < -0.3 is 4.74 Å². The largest absolute Gasteiger partial charge is 0.439 e. The standard InChI is InChI=1S/C17H10F3N5O/c18-17(19,20)12-3-1-11(2-4-12)14-9-15(25-16(24-14)22-10-23-25)26-13-5-7-21-8-6-13/h1-10H. The van der Waals surface area contributed by atoms with E-state index in [9.17, 15) is 13.2 Å². The van der Waals surface area contributed by atoms with Crippen molar-refractivity contribution in [3.05, 3.63) is 66.7 Å². The van der Waals surface area contributed by atoms with Crippen molar-refractivity contribution in [2.24, 2.45) is 0 Å². The second-order valence-electron chi connectivity index (χ2n) is 5.31. The number of fused-ring (bicyclic) bond motifs is 1. The van der Waals surface area contributed by atoms with Gasteiger partial charge in [0.2, 0.25) is 5.88 Å². The molecule has 0 N–H and O–H groups in total. The lowest BCUT2D eigenvalue weighted by molar-refractivity contribution is -0.137. The summed E-state index contributed by atoms with van der Waals surface area (Å²) in [5, 5.41) is 4.05. The van der Waals surface area contributed by atoms with Gasteiger partial charge in [0.05, 0.1) is 11.3 Å². The Morgan fingerprint density at radius 3 is 2.38 bits per heavy atom. The molecule has 0 aliphatic rings. The van der Waals surface area contributed by atoms with Crippen LogP contribution < -0.4 is 4.74 Å². The summed E-state index contributed by atoms with van der Waals surface area (Å²) in [7, 11) is 0. The Balaban J connectivity index is 1.76. The second kappa shape index (κ2) is 6.10. The SMILES string of the molecule is FC(F)(F)c1ccc(-c2cc(Oc3ccncc3)n3ncnc3n2)cc1. The second-order valence-corrected chi connectivity index (χ2v) is 5.31. The van der Waals surface area contributed by atoms with E-state index in [-0.39, 0.29) is 5.78 Å². The van der Waals surface area contributed by atoms with Crippen LogP contribution in [0.15, 0.2) is 61.2 Å². The van der Waals surface area contributed by atoms with Crippen LogP contribution in [0.1, 0.15) is 5.56 Å². The Bertz CT molecular complexity index is 1050. The Kier molecular flexibility index (Phi) is 3.76. The van der Waals surface area contributed by atoms with E-state index in [1.165, 1.54) is 23.0 Å². The van der Waals surface area contributed by atoms with Crippen LogP contribution in [-0.2, 0) is 6.18 Å². The molecule has 0 spiro atoms. The molecule has 6 nitrogen and oxygen atoms in total. The minimum absolute atomic E-state index is 0.270. The van der Waals surface area contributed by atoms with Crippen LogP contribution in [0.3, 0.4) is 0 Å². The molecular formula is C17H10F3N5O. The minimum atomic E-state index is -4.39. The molecule has 0 bridgehead atoms. The summed E-state index contributed by atoms with van der Waals surface area (Å²) in [6.07, 6.45) is 0.0778. The number of nitrogens with zero attached hydrogens (tertiary/aromatic N) is 5. The topological polar surface area (TPSA) is 65.2 Å². The maximum atomic E-state index is 12.7. The first kappa shape index (κ1) is 16.0. The van der Waals surface area contributed by atoms with Crippen molar-refractivity contribution in [1.82, 2.24) is 24.6 Å². The fraction of sp³-hybridized carbons (Fsp3) is 0.0588. The van der Waals surface area contributed by atoms with Gasteiger partial charge in [0, 0.05) is 24.0 Å². The maximum Gasteiger partial charge on any atom is 0.416 e. The van der Waals surface area contributed by atoms with Crippen LogP contribution in [-0.4, -0.2) is 24.6 Å². The first-order valence-electron chi connectivity index (χ1n) is 7.47. The number of alkyl halides is 3. The van der Waals surface area contributed by atoms with Crippen molar-refractivity contribution in [2.75, 3.05) is 0 Å². The lowest BCUT2D eigenvalue weighted by atomic mass is 10.1. The molecule has 0 amide bonds. The maximum absolute atomic E-state index is 12.7. The number of hydrogen-bond donors (Lipinski definition) is 0. The zero-order chi connectivity index (χ0) is 18.1. The van der Waals surface area contributed by atoms with Crippen molar-refractivity contribution < 1.29 is 17.9 Å². The quantitative estimate of drug-likeness (QED) is 0.555. The third kappa shape index (κ3) is 3.06. The van der Waals surface area contributed by atoms with Gasteiger partial charge in [0.25, 0.3) is 5.78 Å².